The summed E-state index contributed by atoms with van der Waals surface area (Å²) in [7, 11) is 0. The highest BCUT2D eigenvalue weighted by molar-refractivity contribution is 5.31. The van der Waals surface area contributed by atoms with Crippen molar-refractivity contribution < 1.29 is 9.50 Å². The van der Waals surface area contributed by atoms with Crippen LogP contribution < -0.4 is 5.32 Å². The third kappa shape index (κ3) is 3.03. The molecule has 2 N–H and O–H groups in total. The molecule has 0 aliphatic carbocycles. The van der Waals surface area contributed by atoms with Gasteiger partial charge in [0.25, 0.3) is 0 Å². The fraction of sp³-hybridized carbons (Fsp3) is 0.625. The molecule has 112 valence electrons. The van der Waals surface area contributed by atoms with E-state index >= 15 is 0 Å². The van der Waals surface area contributed by atoms with E-state index in [-0.39, 0.29) is 23.9 Å². The van der Waals surface area contributed by atoms with E-state index in [0.29, 0.717) is 5.56 Å². The van der Waals surface area contributed by atoms with Crippen LogP contribution in [0.5, 0.6) is 0 Å². The van der Waals surface area contributed by atoms with Gasteiger partial charge in [0.2, 0.25) is 0 Å². The monoisotopic (exact) mass is 280 g/mol. The summed E-state index contributed by atoms with van der Waals surface area (Å²) in [5.74, 6) is -0.170. The van der Waals surface area contributed by atoms with Gasteiger partial charge in [0.05, 0.1) is 0 Å². The van der Waals surface area contributed by atoms with Gasteiger partial charge in [0.1, 0.15) is 5.82 Å². The van der Waals surface area contributed by atoms with E-state index in [1.165, 1.54) is 6.07 Å². The van der Waals surface area contributed by atoms with Gasteiger partial charge < -0.3 is 10.4 Å². The molecule has 1 heterocycles. The lowest BCUT2D eigenvalue weighted by Gasteiger charge is -2.44. The number of benzene rings is 1. The number of aliphatic hydroxyl groups excluding tert-OH is 1. The summed E-state index contributed by atoms with van der Waals surface area (Å²) in [6, 6.07) is 5.29. The van der Waals surface area contributed by atoms with Crippen molar-refractivity contribution in [2.45, 2.75) is 26.8 Å². The fourth-order valence-electron chi connectivity index (χ4n) is 3.06. The maximum Gasteiger partial charge on any atom is 0.126 e. The maximum absolute atomic E-state index is 13.9. The second-order valence-corrected chi connectivity index (χ2v) is 6.29. The SMILES string of the molecule is Cc1c(F)cccc1[C@H](N1CCNCC1)C(C)(C)CO. The van der Waals surface area contributed by atoms with Crippen molar-refractivity contribution in [3.05, 3.63) is 35.1 Å². The van der Waals surface area contributed by atoms with Crippen LogP contribution >= 0.6 is 0 Å². The van der Waals surface area contributed by atoms with Crippen molar-refractivity contribution >= 4 is 0 Å². The number of nitrogens with zero attached hydrogens (tertiary/aromatic N) is 1. The zero-order valence-electron chi connectivity index (χ0n) is 12.6. The maximum atomic E-state index is 13.9. The Kier molecular flexibility index (Phi) is 4.78. The molecular weight excluding hydrogens is 255 g/mol. The van der Waals surface area contributed by atoms with Crippen LogP contribution in [-0.4, -0.2) is 42.8 Å². The molecule has 0 radical (unpaired) electrons. The van der Waals surface area contributed by atoms with Crippen LogP contribution in [0.2, 0.25) is 0 Å². The summed E-state index contributed by atoms with van der Waals surface area (Å²) in [6.07, 6.45) is 0. The predicted molar refractivity (Wildman–Crippen MR) is 79.2 cm³/mol. The van der Waals surface area contributed by atoms with Crippen LogP contribution in [0.25, 0.3) is 0 Å². The lowest BCUT2D eigenvalue weighted by atomic mass is 9.78. The zero-order valence-corrected chi connectivity index (χ0v) is 12.6. The summed E-state index contributed by atoms with van der Waals surface area (Å²) in [4.78, 5) is 2.36. The minimum atomic E-state index is -0.310. The predicted octanol–water partition coefficient (Wildman–Crippen LogP) is 2.10. The zero-order chi connectivity index (χ0) is 14.8. The van der Waals surface area contributed by atoms with Crippen molar-refractivity contribution in [3.63, 3.8) is 0 Å². The van der Waals surface area contributed by atoms with Gasteiger partial charge in [-0.1, -0.05) is 26.0 Å². The molecule has 0 bridgehead atoms. The molecule has 0 spiro atoms. The fourth-order valence-corrected chi connectivity index (χ4v) is 3.06. The minimum Gasteiger partial charge on any atom is -0.396 e. The van der Waals surface area contributed by atoms with Gasteiger partial charge in [-0.3, -0.25) is 4.90 Å². The van der Waals surface area contributed by atoms with E-state index in [1.54, 1.807) is 6.07 Å². The highest BCUT2D eigenvalue weighted by atomic mass is 19.1. The van der Waals surface area contributed by atoms with Crippen LogP contribution in [-0.2, 0) is 0 Å². The van der Waals surface area contributed by atoms with Crippen LogP contribution in [0.1, 0.15) is 31.0 Å². The Bertz CT molecular complexity index is 456. The number of piperazine rings is 1. The van der Waals surface area contributed by atoms with Crippen molar-refractivity contribution in [3.8, 4) is 0 Å². The molecule has 20 heavy (non-hydrogen) atoms. The average Bonchev–Trinajstić information content (AvgIpc) is 2.45. The Labute approximate surface area is 120 Å². The van der Waals surface area contributed by atoms with E-state index in [9.17, 15) is 9.50 Å². The second-order valence-electron chi connectivity index (χ2n) is 6.29. The van der Waals surface area contributed by atoms with Gasteiger partial charge in [0, 0.05) is 44.2 Å². The Hall–Kier alpha value is -0.970. The van der Waals surface area contributed by atoms with Crippen LogP contribution in [0.4, 0.5) is 4.39 Å². The van der Waals surface area contributed by atoms with E-state index in [4.69, 9.17) is 0 Å². The van der Waals surface area contributed by atoms with Crippen LogP contribution in [0.3, 0.4) is 0 Å². The quantitative estimate of drug-likeness (QED) is 0.886. The molecule has 4 heteroatoms. The molecular formula is C16H25FN2O. The third-order valence-electron chi connectivity index (χ3n) is 4.27. The Balaban J connectivity index is 2.42. The molecule has 2 rings (SSSR count). The largest absolute Gasteiger partial charge is 0.396 e. The molecule has 1 saturated heterocycles. The first-order valence-electron chi connectivity index (χ1n) is 7.28. The van der Waals surface area contributed by atoms with Crippen molar-refractivity contribution in [1.29, 1.82) is 0 Å². The molecule has 1 aromatic carbocycles. The molecule has 0 aromatic heterocycles. The highest BCUT2D eigenvalue weighted by Gasteiger charge is 2.36. The highest BCUT2D eigenvalue weighted by Crippen LogP contribution is 2.39. The Morgan fingerprint density at radius 3 is 2.60 bits per heavy atom. The molecule has 0 unspecified atom stereocenters. The van der Waals surface area contributed by atoms with Crippen molar-refractivity contribution in [1.82, 2.24) is 10.2 Å². The van der Waals surface area contributed by atoms with Gasteiger partial charge in [0.15, 0.2) is 0 Å². The van der Waals surface area contributed by atoms with Crippen LogP contribution in [0, 0.1) is 18.2 Å². The lowest BCUT2D eigenvalue weighted by Crippen LogP contribution is -2.49. The molecule has 1 atom stereocenters. The molecule has 1 aliphatic rings. The van der Waals surface area contributed by atoms with Crippen LogP contribution in [0.15, 0.2) is 18.2 Å². The smallest absolute Gasteiger partial charge is 0.126 e. The molecule has 1 aromatic rings. The van der Waals surface area contributed by atoms with Gasteiger partial charge in [-0.05, 0) is 24.1 Å². The number of nitrogens with one attached hydrogen (secondary N) is 1. The third-order valence-corrected chi connectivity index (χ3v) is 4.27. The summed E-state index contributed by atoms with van der Waals surface area (Å²) in [5, 5.41) is 13.1. The number of rotatable bonds is 4. The molecule has 3 nitrogen and oxygen atoms in total. The van der Waals surface area contributed by atoms with Gasteiger partial charge in [-0.2, -0.15) is 0 Å². The number of halogens is 1. The Morgan fingerprint density at radius 2 is 2.00 bits per heavy atom. The summed E-state index contributed by atoms with van der Waals surface area (Å²) in [6.45, 7) is 9.71. The van der Waals surface area contributed by atoms with E-state index in [2.05, 4.69) is 10.2 Å². The summed E-state index contributed by atoms with van der Waals surface area (Å²) >= 11 is 0. The second kappa shape index (κ2) is 6.20. The standard InChI is InChI=1S/C16H25FN2O/c1-12-13(5-4-6-14(12)17)15(16(2,3)11-20)19-9-7-18-8-10-19/h4-6,15,18,20H,7-11H2,1-3H3/t15-/m0/s1. The van der Waals surface area contributed by atoms with E-state index in [1.807, 2.05) is 26.8 Å². The number of aliphatic hydroxyl groups is 1. The molecule has 0 amide bonds. The van der Waals surface area contributed by atoms with Crippen molar-refractivity contribution in [2.75, 3.05) is 32.8 Å². The van der Waals surface area contributed by atoms with Crippen molar-refractivity contribution in [2.24, 2.45) is 5.41 Å². The van der Waals surface area contributed by atoms with E-state index < -0.39 is 0 Å². The molecule has 1 aliphatic heterocycles. The molecule has 0 saturated carbocycles. The summed E-state index contributed by atoms with van der Waals surface area (Å²) in [5.41, 5.74) is 1.37. The minimum absolute atomic E-state index is 0.0327. The number of hydrogen-bond donors (Lipinski definition) is 2. The molecule has 1 fully saturated rings. The average molecular weight is 280 g/mol. The lowest BCUT2D eigenvalue weighted by molar-refractivity contribution is 0.0300. The Morgan fingerprint density at radius 1 is 1.35 bits per heavy atom. The number of hydrogen-bond acceptors (Lipinski definition) is 3. The first-order chi connectivity index (χ1) is 9.47. The summed E-state index contributed by atoms with van der Waals surface area (Å²) < 4.78 is 13.9. The topological polar surface area (TPSA) is 35.5 Å². The van der Waals surface area contributed by atoms with E-state index in [0.717, 1.165) is 31.7 Å². The van der Waals surface area contributed by atoms with Gasteiger partial charge in [-0.25, -0.2) is 4.39 Å². The first kappa shape index (κ1) is 15.4. The normalized spacial score (nSPS) is 19.1. The van der Waals surface area contributed by atoms with Gasteiger partial charge >= 0.3 is 0 Å². The first-order valence-corrected chi connectivity index (χ1v) is 7.28. The van der Waals surface area contributed by atoms with Gasteiger partial charge in [-0.15, -0.1) is 0 Å².